The second-order valence-corrected chi connectivity index (χ2v) is 6.42. The molecule has 0 heterocycles. The van der Waals surface area contributed by atoms with E-state index in [0.29, 0.717) is 6.42 Å². The fourth-order valence-electron chi connectivity index (χ4n) is 2.59. The second kappa shape index (κ2) is 8.98. The number of rotatable bonds is 6. The van der Waals surface area contributed by atoms with E-state index in [0.717, 1.165) is 22.9 Å². The number of hydrogen-bond acceptors (Lipinski definition) is 3. The number of anilines is 1. The van der Waals surface area contributed by atoms with Gasteiger partial charge < -0.3 is 10.1 Å². The first-order chi connectivity index (χ1) is 12.4. The lowest BCUT2D eigenvalue weighted by molar-refractivity contribution is 0.148. The molecule has 2 aromatic carbocycles. The molecule has 140 valence electrons. The zero-order chi connectivity index (χ0) is 19.3. The fourth-order valence-corrected chi connectivity index (χ4v) is 2.80. The molecule has 0 bridgehead atoms. The van der Waals surface area contributed by atoms with E-state index in [4.69, 9.17) is 4.74 Å². The van der Waals surface area contributed by atoms with Crippen LogP contribution in [0.3, 0.4) is 0 Å². The second-order valence-electron chi connectivity index (χ2n) is 5.64. The lowest BCUT2D eigenvalue weighted by Gasteiger charge is -2.17. The average molecular weight is 383 g/mol. The van der Waals surface area contributed by atoms with Crippen LogP contribution in [0.4, 0.5) is 23.7 Å². The monoisotopic (exact) mass is 383 g/mol. The Morgan fingerprint density at radius 1 is 1.31 bits per heavy atom. The Morgan fingerprint density at radius 3 is 2.65 bits per heavy atom. The van der Waals surface area contributed by atoms with Gasteiger partial charge in [0.15, 0.2) is 11.6 Å². The Balaban J connectivity index is 2.33. The van der Waals surface area contributed by atoms with Crippen molar-refractivity contribution < 1.29 is 22.7 Å². The molecular formula is C19H20F3NO2S. The first-order valence-electron chi connectivity index (χ1n) is 8.04. The Kier molecular flexibility index (Phi) is 6.97. The number of amides is 1. The summed E-state index contributed by atoms with van der Waals surface area (Å²) >= 11 is 0.927. The molecule has 2 aromatic rings. The molecule has 0 unspecified atom stereocenters. The van der Waals surface area contributed by atoms with Gasteiger partial charge in [0, 0.05) is 16.8 Å². The van der Waals surface area contributed by atoms with Gasteiger partial charge >= 0.3 is 0 Å². The van der Waals surface area contributed by atoms with E-state index in [-0.39, 0.29) is 34.4 Å². The molecule has 0 atom stereocenters. The van der Waals surface area contributed by atoms with Gasteiger partial charge in [-0.15, -0.1) is 0 Å². The number of ether oxygens (including phenoxy) is 1. The van der Waals surface area contributed by atoms with Crippen LogP contribution in [0, 0.1) is 12.7 Å². The number of thioether (sulfide) groups is 1. The summed E-state index contributed by atoms with van der Waals surface area (Å²) in [5.41, 5.74) is 1.81. The third-order valence-corrected chi connectivity index (χ3v) is 4.49. The van der Waals surface area contributed by atoms with Crippen molar-refractivity contribution in [3.8, 4) is 5.75 Å². The number of nitrogens with one attached hydrogen (secondary N) is 1. The topological polar surface area (TPSA) is 38.3 Å². The minimum atomic E-state index is -2.74. The van der Waals surface area contributed by atoms with Crippen molar-refractivity contribution in [2.75, 3.05) is 11.6 Å². The predicted octanol–water partition coefficient (Wildman–Crippen LogP) is 6.11. The molecule has 0 radical (unpaired) electrons. The SMILES string of the molecule is CCc1cc(F)c(OCc2c(NC(=O)SC)cccc2C(F)F)cc1C. The molecule has 1 amide bonds. The molecule has 7 heteroatoms. The lowest BCUT2D eigenvalue weighted by atomic mass is 10.1. The number of benzene rings is 2. The van der Waals surface area contributed by atoms with Crippen LogP contribution >= 0.6 is 11.8 Å². The maximum absolute atomic E-state index is 14.2. The van der Waals surface area contributed by atoms with Crippen molar-refractivity contribution in [2.24, 2.45) is 0 Å². The number of aryl methyl sites for hydroxylation is 2. The Hall–Kier alpha value is -2.15. The number of halogens is 3. The zero-order valence-corrected chi connectivity index (χ0v) is 15.6. The van der Waals surface area contributed by atoms with Crippen molar-refractivity contribution in [3.05, 3.63) is 58.4 Å². The first-order valence-corrected chi connectivity index (χ1v) is 9.26. The van der Waals surface area contributed by atoms with E-state index >= 15 is 0 Å². The highest BCUT2D eigenvalue weighted by atomic mass is 32.2. The summed E-state index contributed by atoms with van der Waals surface area (Å²) in [7, 11) is 0. The Bertz CT molecular complexity index is 797. The van der Waals surface area contributed by atoms with Gasteiger partial charge in [-0.2, -0.15) is 0 Å². The summed E-state index contributed by atoms with van der Waals surface area (Å²) in [5, 5.41) is 2.17. The smallest absolute Gasteiger partial charge is 0.283 e. The van der Waals surface area contributed by atoms with E-state index in [9.17, 15) is 18.0 Å². The quantitative estimate of drug-likeness (QED) is 0.654. The lowest BCUT2D eigenvalue weighted by Crippen LogP contribution is -2.11. The van der Waals surface area contributed by atoms with E-state index in [1.807, 2.05) is 13.8 Å². The standard InChI is InChI=1S/C19H20F3NO2S/c1-4-12-9-15(20)17(8-11(12)2)25-10-14-13(18(21)22)6-5-7-16(14)23-19(24)26-3/h5-9,18H,4,10H2,1-3H3,(H,23,24). The Labute approximate surface area is 154 Å². The van der Waals surface area contributed by atoms with Crippen molar-refractivity contribution >= 4 is 22.7 Å². The van der Waals surface area contributed by atoms with Crippen molar-refractivity contribution in [1.29, 1.82) is 0 Å². The number of alkyl halides is 2. The number of carbonyl (C=O) groups is 1. The van der Waals surface area contributed by atoms with Gasteiger partial charge in [-0.25, -0.2) is 13.2 Å². The number of carbonyl (C=O) groups excluding carboxylic acids is 1. The summed E-state index contributed by atoms with van der Waals surface area (Å²) in [6.07, 6.45) is -0.480. The highest BCUT2D eigenvalue weighted by Crippen LogP contribution is 2.31. The molecule has 2 rings (SSSR count). The van der Waals surface area contributed by atoms with Crippen LogP contribution in [0.5, 0.6) is 5.75 Å². The maximum atomic E-state index is 14.2. The van der Waals surface area contributed by atoms with Crippen LogP contribution in [0.25, 0.3) is 0 Å². The summed E-state index contributed by atoms with van der Waals surface area (Å²) in [6.45, 7) is 3.47. The minimum Gasteiger partial charge on any atom is -0.486 e. The van der Waals surface area contributed by atoms with Crippen molar-refractivity contribution in [2.45, 2.75) is 33.3 Å². The largest absolute Gasteiger partial charge is 0.486 e. The van der Waals surface area contributed by atoms with Crippen LogP contribution in [-0.4, -0.2) is 11.5 Å². The molecule has 26 heavy (non-hydrogen) atoms. The zero-order valence-electron chi connectivity index (χ0n) is 14.7. The Morgan fingerprint density at radius 2 is 2.04 bits per heavy atom. The van der Waals surface area contributed by atoms with Crippen LogP contribution in [0.1, 0.15) is 35.6 Å². The van der Waals surface area contributed by atoms with Gasteiger partial charge in [0.05, 0.1) is 0 Å². The predicted molar refractivity (Wildman–Crippen MR) is 98.8 cm³/mol. The molecule has 3 nitrogen and oxygen atoms in total. The first kappa shape index (κ1) is 20.2. The van der Waals surface area contributed by atoms with Gasteiger partial charge in [-0.1, -0.05) is 30.8 Å². The van der Waals surface area contributed by atoms with Gasteiger partial charge in [0.25, 0.3) is 11.7 Å². The van der Waals surface area contributed by atoms with Gasteiger partial charge in [-0.3, -0.25) is 4.79 Å². The molecule has 0 saturated heterocycles. The van der Waals surface area contributed by atoms with E-state index < -0.39 is 12.2 Å². The maximum Gasteiger partial charge on any atom is 0.283 e. The summed E-state index contributed by atoms with van der Waals surface area (Å²) in [4.78, 5) is 11.6. The molecule has 0 aliphatic rings. The summed E-state index contributed by atoms with van der Waals surface area (Å²) in [5.74, 6) is -0.553. The normalized spacial score (nSPS) is 10.9. The average Bonchev–Trinajstić information content (AvgIpc) is 2.62. The van der Waals surface area contributed by atoms with Gasteiger partial charge in [0.2, 0.25) is 0 Å². The van der Waals surface area contributed by atoms with E-state index in [1.54, 1.807) is 12.3 Å². The highest BCUT2D eigenvalue weighted by Gasteiger charge is 2.19. The summed E-state index contributed by atoms with van der Waals surface area (Å²) in [6, 6.07) is 7.15. The van der Waals surface area contributed by atoms with Crippen molar-refractivity contribution in [3.63, 3.8) is 0 Å². The van der Waals surface area contributed by atoms with E-state index in [2.05, 4.69) is 5.32 Å². The molecule has 0 aliphatic heterocycles. The molecular weight excluding hydrogens is 363 g/mol. The van der Waals surface area contributed by atoms with Crippen molar-refractivity contribution in [1.82, 2.24) is 0 Å². The van der Waals surface area contributed by atoms with Crippen LogP contribution in [0.2, 0.25) is 0 Å². The minimum absolute atomic E-state index is 0.00841. The summed E-state index contributed by atoms with van der Waals surface area (Å²) < 4.78 is 46.4. The molecule has 0 aliphatic carbocycles. The van der Waals surface area contributed by atoms with Crippen LogP contribution in [0.15, 0.2) is 30.3 Å². The molecule has 0 aromatic heterocycles. The van der Waals surface area contributed by atoms with Crippen LogP contribution in [-0.2, 0) is 13.0 Å². The molecule has 0 fully saturated rings. The van der Waals surface area contributed by atoms with Crippen LogP contribution < -0.4 is 10.1 Å². The highest BCUT2D eigenvalue weighted by molar-refractivity contribution is 8.13. The van der Waals surface area contributed by atoms with E-state index in [1.165, 1.54) is 24.3 Å². The third-order valence-electron chi connectivity index (χ3n) is 4.01. The number of hydrogen-bond donors (Lipinski definition) is 1. The van der Waals surface area contributed by atoms with Gasteiger partial charge in [0.1, 0.15) is 6.61 Å². The molecule has 0 saturated carbocycles. The van der Waals surface area contributed by atoms with Gasteiger partial charge in [-0.05, 0) is 48.9 Å². The molecule has 0 spiro atoms. The molecule has 1 N–H and O–H groups in total. The third kappa shape index (κ3) is 4.72. The fraction of sp³-hybridized carbons (Fsp3) is 0.316.